The summed E-state index contributed by atoms with van der Waals surface area (Å²) in [5.41, 5.74) is 0. The van der Waals surface area contributed by atoms with Gasteiger partial charge < -0.3 is 65.1 Å². The molecular formula is C56H95NO13. The van der Waals surface area contributed by atoms with Crippen molar-refractivity contribution in [1.82, 2.24) is 5.32 Å². The van der Waals surface area contributed by atoms with Crippen LogP contribution in [0.1, 0.15) is 168 Å². The minimum atomic E-state index is -1.79. The third-order valence-electron chi connectivity index (χ3n) is 12.6. The lowest BCUT2D eigenvalue weighted by molar-refractivity contribution is -0.359. The molecule has 0 aromatic heterocycles. The van der Waals surface area contributed by atoms with Crippen molar-refractivity contribution in [3.8, 4) is 0 Å². The Balaban J connectivity index is 1.71. The fourth-order valence-corrected chi connectivity index (χ4v) is 8.21. The van der Waals surface area contributed by atoms with Gasteiger partial charge in [-0.3, -0.25) is 4.79 Å². The smallest absolute Gasteiger partial charge is 0.220 e. The van der Waals surface area contributed by atoms with E-state index >= 15 is 0 Å². The van der Waals surface area contributed by atoms with Crippen LogP contribution < -0.4 is 5.32 Å². The van der Waals surface area contributed by atoms with Crippen molar-refractivity contribution in [3.05, 3.63) is 85.1 Å². The van der Waals surface area contributed by atoms with Crippen molar-refractivity contribution in [1.29, 1.82) is 0 Å². The number of carbonyl (C=O) groups is 1. The largest absolute Gasteiger partial charge is 0.394 e. The Bertz CT molecular complexity index is 1500. The molecule has 0 spiro atoms. The first-order chi connectivity index (χ1) is 34.1. The molecule has 0 saturated carbocycles. The van der Waals surface area contributed by atoms with Crippen LogP contribution in [0, 0.1) is 0 Å². The summed E-state index contributed by atoms with van der Waals surface area (Å²) in [6.45, 7) is 2.57. The standard InChI is InChI=1S/C56H95NO13/c1-3-5-7-9-11-13-14-15-16-17-18-19-20-21-22-23-24-25-26-27-28-29-30-32-34-36-38-40-48(61)57-44(45(60)39-37-35-33-31-12-10-8-6-4-2)43-67-55-53(66)51(64)54(47(42-59)69-55)70-56-52(65)50(63)49(62)46(41-58)68-56/h5,7,11-13,15-16,18-19,21-22,31,37,39,44-47,49-56,58-60,62-66H,3-4,6,8-10,14,17,20,23-30,32-36,38,40-43H2,1-2H3,(H,57,61)/b7-5-,13-11-,16-15-,19-18-,22-21-,31-12+,39-37+. The number of aliphatic hydroxyl groups excluding tert-OH is 8. The summed E-state index contributed by atoms with van der Waals surface area (Å²) in [5.74, 6) is -0.260. The SMILES string of the molecule is CC/C=C\C/C=C\C/C=C\C/C=C\C/C=C\CCCCCCCCCCCCCC(=O)NC(COC1OC(CO)C(OC2OC(CO)C(O)C(O)C2O)C(O)C1O)C(O)/C=C/CC/C=C/CCCCC. The third kappa shape index (κ3) is 27.8. The molecule has 2 heterocycles. The predicted molar refractivity (Wildman–Crippen MR) is 276 cm³/mol. The van der Waals surface area contributed by atoms with E-state index < -0.39 is 86.8 Å². The maximum Gasteiger partial charge on any atom is 0.220 e. The molecule has 2 fully saturated rings. The van der Waals surface area contributed by atoms with Gasteiger partial charge in [0.1, 0.15) is 48.8 Å². The van der Waals surface area contributed by atoms with E-state index in [1.54, 1.807) is 6.08 Å². The van der Waals surface area contributed by atoms with E-state index in [0.29, 0.717) is 12.8 Å². The van der Waals surface area contributed by atoms with Gasteiger partial charge >= 0.3 is 0 Å². The highest BCUT2D eigenvalue weighted by Gasteiger charge is 2.51. The Hall–Kier alpha value is -2.83. The minimum Gasteiger partial charge on any atom is -0.394 e. The number of aliphatic hydroxyl groups is 8. The Labute approximate surface area is 420 Å². The van der Waals surface area contributed by atoms with E-state index in [2.05, 4.69) is 92.1 Å². The van der Waals surface area contributed by atoms with Crippen molar-refractivity contribution in [2.75, 3.05) is 19.8 Å². The van der Waals surface area contributed by atoms with Crippen molar-refractivity contribution in [3.63, 3.8) is 0 Å². The van der Waals surface area contributed by atoms with Gasteiger partial charge in [-0.25, -0.2) is 0 Å². The Morgan fingerprint density at radius 1 is 0.529 bits per heavy atom. The van der Waals surface area contributed by atoms with Gasteiger partial charge in [0.25, 0.3) is 0 Å². The first-order valence-corrected chi connectivity index (χ1v) is 26.8. The molecule has 2 rings (SSSR count). The number of allylic oxidation sites excluding steroid dienone is 13. The highest BCUT2D eigenvalue weighted by molar-refractivity contribution is 5.76. The van der Waals surface area contributed by atoms with Crippen molar-refractivity contribution in [2.24, 2.45) is 0 Å². The number of carbonyl (C=O) groups excluding carboxylic acids is 1. The fourth-order valence-electron chi connectivity index (χ4n) is 8.21. The molecule has 14 heteroatoms. The fraction of sp³-hybridized carbons (Fsp3) is 0.732. The van der Waals surface area contributed by atoms with Crippen LogP contribution in [0.4, 0.5) is 0 Å². The summed E-state index contributed by atoms with van der Waals surface area (Å²) in [6.07, 6.45) is 37.9. The van der Waals surface area contributed by atoms with Gasteiger partial charge in [0, 0.05) is 6.42 Å². The first kappa shape index (κ1) is 63.3. The summed E-state index contributed by atoms with van der Waals surface area (Å²) in [6, 6.07) is -0.935. The zero-order valence-electron chi connectivity index (χ0n) is 42.7. The van der Waals surface area contributed by atoms with E-state index in [0.717, 1.165) is 77.0 Å². The number of hydrogen-bond acceptors (Lipinski definition) is 13. The van der Waals surface area contributed by atoms with Gasteiger partial charge in [0.2, 0.25) is 5.91 Å². The molecule has 0 bridgehead atoms. The molecule has 0 aliphatic carbocycles. The van der Waals surface area contributed by atoms with Crippen molar-refractivity contribution in [2.45, 2.75) is 242 Å². The van der Waals surface area contributed by atoms with Gasteiger partial charge in [-0.05, 0) is 77.0 Å². The lowest BCUT2D eigenvalue weighted by Crippen LogP contribution is -2.65. The molecule has 9 N–H and O–H groups in total. The van der Waals surface area contributed by atoms with Gasteiger partial charge in [0.05, 0.1) is 32.0 Å². The summed E-state index contributed by atoms with van der Waals surface area (Å²) >= 11 is 0. The molecule has 2 aliphatic rings. The monoisotopic (exact) mass is 990 g/mol. The molecule has 402 valence electrons. The Kier molecular flexibility index (Phi) is 37.6. The third-order valence-corrected chi connectivity index (χ3v) is 12.6. The molecule has 0 radical (unpaired) electrons. The summed E-state index contributed by atoms with van der Waals surface area (Å²) < 4.78 is 22.6. The number of hydrogen-bond donors (Lipinski definition) is 9. The average Bonchev–Trinajstić information content (AvgIpc) is 3.36. The van der Waals surface area contributed by atoms with Crippen LogP contribution in [-0.2, 0) is 23.7 Å². The number of ether oxygens (including phenoxy) is 4. The van der Waals surface area contributed by atoms with Gasteiger partial charge in [-0.15, -0.1) is 0 Å². The van der Waals surface area contributed by atoms with E-state index in [1.807, 2.05) is 6.08 Å². The van der Waals surface area contributed by atoms with E-state index in [9.17, 15) is 45.6 Å². The Morgan fingerprint density at radius 2 is 1.00 bits per heavy atom. The minimum absolute atomic E-state index is 0.260. The van der Waals surface area contributed by atoms with Crippen LogP contribution in [0.3, 0.4) is 0 Å². The number of rotatable bonds is 40. The lowest BCUT2D eigenvalue weighted by atomic mass is 9.97. The first-order valence-electron chi connectivity index (χ1n) is 26.8. The molecule has 2 aliphatic heterocycles. The predicted octanol–water partition coefficient (Wildman–Crippen LogP) is 7.77. The van der Waals surface area contributed by atoms with Gasteiger partial charge in [-0.1, -0.05) is 170 Å². The zero-order valence-corrected chi connectivity index (χ0v) is 42.7. The molecule has 1 amide bonds. The van der Waals surface area contributed by atoms with Gasteiger partial charge in [0.15, 0.2) is 12.6 Å². The molecular weight excluding hydrogens is 895 g/mol. The maximum atomic E-state index is 13.2. The van der Waals surface area contributed by atoms with Gasteiger partial charge in [-0.2, -0.15) is 0 Å². The summed E-state index contributed by atoms with van der Waals surface area (Å²) in [7, 11) is 0. The molecule has 12 atom stereocenters. The number of amides is 1. The second-order valence-electron chi connectivity index (χ2n) is 18.6. The lowest BCUT2D eigenvalue weighted by Gasteiger charge is -2.46. The van der Waals surface area contributed by atoms with Crippen LogP contribution in [0.15, 0.2) is 85.1 Å². The summed E-state index contributed by atoms with van der Waals surface area (Å²) in [5, 5.41) is 86.6. The number of unbranched alkanes of at least 4 members (excludes halogenated alkanes) is 15. The van der Waals surface area contributed by atoms with Crippen LogP contribution in [-0.4, -0.2) is 140 Å². The molecule has 14 nitrogen and oxygen atoms in total. The van der Waals surface area contributed by atoms with Crippen LogP contribution in [0.2, 0.25) is 0 Å². The van der Waals surface area contributed by atoms with Crippen LogP contribution in [0.25, 0.3) is 0 Å². The maximum absolute atomic E-state index is 13.2. The Morgan fingerprint density at radius 3 is 1.57 bits per heavy atom. The normalized spacial score (nSPS) is 26.7. The second-order valence-corrected chi connectivity index (χ2v) is 18.6. The number of nitrogens with one attached hydrogen (secondary N) is 1. The van der Waals surface area contributed by atoms with Crippen molar-refractivity contribution >= 4 is 5.91 Å². The van der Waals surface area contributed by atoms with E-state index in [1.165, 1.54) is 57.8 Å². The van der Waals surface area contributed by atoms with Crippen molar-refractivity contribution < 1.29 is 64.6 Å². The molecule has 2 saturated heterocycles. The second kappa shape index (κ2) is 41.6. The average molecular weight is 990 g/mol. The molecule has 0 aromatic carbocycles. The molecule has 12 unspecified atom stereocenters. The molecule has 70 heavy (non-hydrogen) atoms. The van der Waals surface area contributed by atoms with Crippen LogP contribution in [0.5, 0.6) is 0 Å². The van der Waals surface area contributed by atoms with Crippen LogP contribution >= 0.6 is 0 Å². The molecule has 0 aromatic rings. The van der Waals surface area contributed by atoms with E-state index in [-0.39, 0.29) is 18.9 Å². The highest BCUT2D eigenvalue weighted by atomic mass is 16.7. The zero-order chi connectivity index (χ0) is 51.0. The topological polar surface area (TPSA) is 228 Å². The van der Waals surface area contributed by atoms with E-state index in [4.69, 9.17) is 18.9 Å². The highest BCUT2D eigenvalue weighted by Crippen LogP contribution is 2.30. The summed E-state index contributed by atoms with van der Waals surface area (Å²) in [4.78, 5) is 13.2. The quantitative estimate of drug-likeness (QED) is 0.0212.